The lowest BCUT2D eigenvalue weighted by Gasteiger charge is -2.43. The molecule has 0 unspecified atom stereocenters. The van der Waals surface area contributed by atoms with Crippen LogP contribution < -0.4 is 10.4 Å². The summed E-state index contributed by atoms with van der Waals surface area (Å²) in [7, 11) is -2.38. The van der Waals surface area contributed by atoms with Crippen LogP contribution in [0.15, 0.2) is 85.5 Å². The summed E-state index contributed by atoms with van der Waals surface area (Å²) in [6.45, 7) is 11.5. The molecule has 0 heterocycles. The first-order chi connectivity index (χ1) is 13.0. The van der Waals surface area contributed by atoms with E-state index in [-0.39, 0.29) is 5.04 Å². The van der Waals surface area contributed by atoms with Gasteiger partial charge < -0.3 is 4.43 Å². The highest BCUT2D eigenvalue weighted by Crippen LogP contribution is 2.36. The highest BCUT2D eigenvalue weighted by molar-refractivity contribution is 6.99. The van der Waals surface area contributed by atoms with Crippen molar-refractivity contribution in [1.82, 2.24) is 0 Å². The Hall–Kier alpha value is -1.90. The van der Waals surface area contributed by atoms with Crippen molar-refractivity contribution in [3.05, 3.63) is 85.5 Å². The van der Waals surface area contributed by atoms with E-state index in [2.05, 4.69) is 100 Å². The van der Waals surface area contributed by atoms with Crippen LogP contribution in [0.2, 0.25) is 5.04 Å². The topological polar surface area (TPSA) is 9.23 Å². The van der Waals surface area contributed by atoms with E-state index in [9.17, 15) is 0 Å². The van der Waals surface area contributed by atoms with Crippen LogP contribution in [-0.4, -0.2) is 14.9 Å². The molecule has 0 aliphatic carbocycles. The second kappa shape index (κ2) is 10.4. The Bertz CT molecular complexity index is 659. The van der Waals surface area contributed by atoms with Gasteiger partial charge in [-0.05, 0) is 41.1 Å². The Morgan fingerprint density at radius 3 is 1.81 bits per heavy atom. The molecule has 0 aliphatic rings. The lowest BCUT2D eigenvalue weighted by Crippen LogP contribution is -2.66. The molecule has 2 rings (SSSR count). The van der Waals surface area contributed by atoms with Gasteiger partial charge in [0.05, 0.1) is 0 Å². The van der Waals surface area contributed by atoms with E-state index in [1.165, 1.54) is 16.8 Å². The highest BCUT2D eigenvalue weighted by atomic mass is 28.4. The predicted octanol–water partition coefficient (Wildman–Crippen LogP) is 5.87. The lowest BCUT2D eigenvalue weighted by molar-refractivity contribution is 0.304. The molecule has 0 spiro atoms. The summed E-state index contributed by atoms with van der Waals surface area (Å²) in [6, 6.07) is 21.7. The maximum atomic E-state index is 6.87. The highest BCUT2D eigenvalue weighted by Gasteiger charge is 2.49. The van der Waals surface area contributed by atoms with Gasteiger partial charge in [0.1, 0.15) is 0 Å². The maximum Gasteiger partial charge on any atom is 0.261 e. The smallest absolute Gasteiger partial charge is 0.261 e. The first kappa shape index (κ1) is 21.4. The minimum atomic E-state index is -2.38. The molecule has 0 bridgehead atoms. The van der Waals surface area contributed by atoms with Gasteiger partial charge in [0, 0.05) is 6.61 Å². The summed E-state index contributed by atoms with van der Waals surface area (Å²) < 4.78 is 6.87. The van der Waals surface area contributed by atoms with Crippen LogP contribution in [-0.2, 0) is 4.43 Å². The fourth-order valence-corrected chi connectivity index (χ4v) is 8.24. The Morgan fingerprint density at radius 2 is 1.33 bits per heavy atom. The van der Waals surface area contributed by atoms with Gasteiger partial charge in [-0.2, -0.15) is 0 Å². The molecule has 2 aromatic rings. The molecule has 0 fully saturated rings. The zero-order valence-electron chi connectivity index (χ0n) is 17.2. The fourth-order valence-electron chi connectivity index (χ4n) is 3.66. The van der Waals surface area contributed by atoms with Crippen LogP contribution in [0.5, 0.6) is 0 Å². The van der Waals surface area contributed by atoms with E-state index >= 15 is 0 Å². The molecule has 0 atom stereocenters. The lowest BCUT2D eigenvalue weighted by atomic mass is 10.2. The predicted molar refractivity (Wildman–Crippen MR) is 121 cm³/mol. The number of allylic oxidation sites excluding steroid dienone is 2. The molecule has 0 aromatic heterocycles. The molecule has 0 amide bonds. The molecule has 0 aliphatic heterocycles. The fraction of sp³-hybridized carbons (Fsp3) is 0.360. The van der Waals surface area contributed by atoms with E-state index < -0.39 is 8.32 Å². The molecule has 0 N–H and O–H groups in total. The van der Waals surface area contributed by atoms with Crippen molar-refractivity contribution in [2.75, 3.05) is 6.61 Å². The Morgan fingerprint density at radius 1 is 0.815 bits per heavy atom. The van der Waals surface area contributed by atoms with Crippen LogP contribution in [0, 0.1) is 0 Å². The molecule has 144 valence electrons. The minimum Gasteiger partial charge on any atom is -0.407 e. The third-order valence-electron chi connectivity index (χ3n) is 4.97. The van der Waals surface area contributed by atoms with Gasteiger partial charge in [0.2, 0.25) is 0 Å². The molecular weight excluding hydrogens is 344 g/mol. The van der Waals surface area contributed by atoms with Crippen molar-refractivity contribution >= 4 is 18.7 Å². The standard InChI is InChI=1S/C25H34OSi/c1-5-6-7-8-9-10-17-22-26-27(25(2,3)4,23-18-13-11-14-19-23)24-20-15-12-16-21-24/h5,9-16,18-21H,1,6-8,17,22H2,2-4H3/b10-9+. The summed E-state index contributed by atoms with van der Waals surface area (Å²) in [6.07, 6.45) is 10.9. The molecule has 0 saturated heterocycles. The van der Waals surface area contributed by atoms with Crippen LogP contribution >= 0.6 is 0 Å². The van der Waals surface area contributed by atoms with E-state index in [0.29, 0.717) is 0 Å². The van der Waals surface area contributed by atoms with Crippen LogP contribution in [0.25, 0.3) is 0 Å². The number of rotatable bonds is 10. The van der Waals surface area contributed by atoms with Crippen LogP contribution in [0.3, 0.4) is 0 Å². The maximum absolute atomic E-state index is 6.87. The molecule has 27 heavy (non-hydrogen) atoms. The summed E-state index contributed by atoms with van der Waals surface area (Å²) in [5.41, 5.74) is 0. The number of hydrogen-bond donors (Lipinski definition) is 0. The molecule has 2 heteroatoms. The van der Waals surface area contributed by atoms with Gasteiger partial charge in [0.15, 0.2) is 0 Å². The van der Waals surface area contributed by atoms with E-state index in [0.717, 1.165) is 25.9 Å². The third-order valence-corrected chi connectivity index (χ3v) is 10.0. The molecular formula is C25H34OSi. The monoisotopic (exact) mass is 378 g/mol. The largest absolute Gasteiger partial charge is 0.407 e. The summed E-state index contributed by atoms with van der Waals surface area (Å²) in [5.74, 6) is 0. The number of benzene rings is 2. The van der Waals surface area contributed by atoms with E-state index in [1.54, 1.807) is 0 Å². The Labute approximate surface area is 166 Å². The zero-order valence-corrected chi connectivity index (χ0v) is 18.2. The normalized spacial score (nSPS) is 12.4. The average Bonchev–Trinajstić information content (AvgIpc) is 2.67. The van der Waals surface area contributed by atoms with Gasteiger partial charge in [-0.15, -0.1) is 6.58 Å². The van der Waals surface area contributed by atoms with Crippen molar-refractivity contribution in [2.24, 2.45) is 0 Å². The van der Waals surface area contributed by atoms with Crippen molar-refractivity contribution in [3.8, 4) is 0 Å². The van der Waals surface area contributed by atoms with Gasteiger partial charge in [0.25, 0.3) is 8.32 Å². The summed E-state index contributed by atoms with van der Waals surface area (Å²) in [5, 5.41) is 2.74. The van der Waals surface area contributed by atoms with E-state index in [4.69, 9.17) is 4.43 Å². The van der Waals surface area contributed by atoms with Gasteiger partial charge in [-0.1, -0.05) is 99.7 Å². The van der Waals surface area contributed by atoms with Gasteiger partial charge in [-0.25, -0.2) is 0 Å². The van der Waals surface area contributed by atoms with Gasteiger partial charge >= 0.3 is 0 Å². The minimum absolute atomic E-state index is 0.0450. The quantitative estimate of drug-likeness (QED) is 0.285. The molecule has 0 saturated carbocycles. The first-order valence-corrected chi connectivity index (χ1v) is 11.9. The molecule has 2 aromatic carbocycles. The Balaban J connectivity index is 2.24. The number of hydrogen-bond acceptors (Lipinski definition) is 1. The average molecular weight is 379 g/mol. The third kappa shape index (κ3) is 5.54. The summed E-state index contributed by atoms with van der Waals surface area (Å²) in [4.78, 5) is 0. The number of unbranched alkanes of at least 4 members (excludes halogenated alkanes) is 2. The van der Waals surface area contributed by atoms with Crippen molar-refractivity contribution < 1.29 is 4.43 Å². The van der Waals surface area contributed by atoms with Crippen LogP contribution in [0.1, 0.15) is 46.5 Å². The first-order valence-electron chi connectivity index (χ1n) is 10.0. The SMILES string of the molecule is C=CCCC/C=C/CCO[Si](c1ccccc1)(c1ccccc1)C(C)(C)C. The molecule has 1 nitrogen and oxygen atoms in total. The zero-order chi connectivity index (χ0) is 19.6. The van der Waals surface area contributed by atoms with Crippen molar-refractivity contribution in [2.45, 2.75) is 51.5 Å². The van der Waals surface area contributed by atoms with Crippen molar-refractivity contribution in [3.63, 3.8) is 0 Å². The summed E-state index contributed by atoms with van der Waals surface area (Å²) >= 11 is 0. The van der Waals surface area contributed by atoms with Crippen LogP contribution in [0.4, 0.5) is 0 Å². The van der Waals surface area contributed by atoms with E-state index in [1.807, 2.05) is 6.08 Å². The Kier molecular flexibility index (Phi) is 8.27. The second-order valence-electron chi connectivity index (χ2n) is 7.99. The van der Waals surface area contributed by atoms with Crippen molar-refractivity contribution in [1.29, 1.82) is 0 Å². The second-order valence-corrected chi connectivity index (χ2v) is 12.3. The molecule has 0 radical (unpaired) electrons. The van der Waals surface area contributed by atoms with Gasteiger partial charge in [-0.3, -0.25) is 0 Å².